The standard InChI is InChI=1S/C15H23N3O2.2ClH/c1-18(2)9-10-20-13-6-3-5-12(11-13)17-15(19)14-7-4-8-16-14;;/h3,5-6,11,14,16H,4,7-10H2,1-2H3,(H,17,19);2*1H/t14-;;/m0../s1. The van der Waals surface area contributed by atoms with E-state index in [1.54, 1.807) is 0 Å². The summed E-state index contributed by atoms with van der Waals surface area (Å²) in [7, 11) is 4.02. The number of amides is 1. The Morgan fingerprint density at radius 2 is 2.18 bits per heavy atom. The summed E-state index contributed by atoms with van der Waals surface area (Å²) in [5, 5.41) is 6.12. The van der Waals surface area contributed by atoms with Crippen LogP contribution in [0.5, 0.6) is 5.75 Å². The second-order valence-corrected chi connectivity index (χ2v) is 5.32. The minimum Gasteiger partial charge on any atom is -0.492 e. The minimum absolute atomic E-state index is 0. The number of halogens is 2. The molecule has 1 aromatic rings. The van der Waals surface area contributed by atoms with Crippen LogP contribution in [0.3, 0.4) is 0 Å². The molecule has 126 valence electrons. The summed E-state index contributed by atoms with van der Waals surface area (Å²) in [6.45, 7) is 2.42. The van der Waals surface area contributed by atoms with Gasteiger partial charge in [-0.3, -0.25) is 4.79 Å². The Morgan fingerprint density at radius 3 is 2.82 bits per heavy atom. The largest absolute Gasteiger partial charge is 0.492 e. The first-order valence-corrected chi connectivity index (χ1v) is 7.07. The smallest absolute Gasteiger partial charge is 0.241 e. The highest BCUT2D eigenvalue weighted by atomic mass is 35.5. The van der Waals surface area contributed by atoms with Crippen LogP contribution >= 0.6 is 24.8 Å². The maximum Gasteiger partial charge on any atom is 0.241 e. The lowest BCUT2D eigenvalue weighted by atomic mass is 10.2. The second kappa shape index (κ2) is 10.7. The minimum atomic E-state index is -0.0617. The number of benzene rings is 1. The van der Waals surface area contributed by atoms with Gasteiger partial charge in [0.15, 0.2) is 0 Å². The molecule has 0 saturated carbocycles. The van der Waals surface area contributed by atoms with Gasteiger partial charge in [0.1, 0.15) is 12.4 Å². The number of rotatable bonds is 6. The topological polar surface area (TPSA) is 53.6 Å². The first-order valence-electron chi connectivity index (χ1n) is 7.07. The van der Waals surface area contributed by atoms with Crippen LogP contribution < -0.4 is 15.4 Å². The first-order chi connectivity index (χ1) is 9.65. The predicted molar refractivity (Wildman–Crippen MR) is 94.6 cm³/mol. The van der Waals surface area contributed by atoms with Crippen LogP contribution in [0, 0.1) is 0 Å². The van der Waals surface area contributed by atoms with Gasteiger partial charge in [-0.25, -0.2) is 0 Å². The summed E-state index contributed by atoms with van der Waals surface area (Å²) in [5.41, 5.74) is 0.783. The molecule has 1 aliphatic rings. The van der Waals surface area contributed by atoms with Crippen LogP contribution in [-0.4, -0.2) is 50.6 Å². The van der Waals surface area contributed by atoms with Crippen molar-refractivity contribution in [3.05, 3.63) is 24.3 Å². The zero-order valence-corrected chi connectivity index (χ0v) is 14.6. The molecular weight excluding hydrogens is 325 g/mol. The summed E-state index contributed by atoms with van der Waals surface area (Å²) >= 11 is 0. The van der Waals surface area contributed by atoms with Gasteiger partial charge in [-0.15, -0.1) is 24.8 Å². The number of carbonyl (C=O) groups excluding carboxylic acids is 1. The number of ether oxygens (including phenoxy) is 1. The molecule has 1 fully saturated rings. The Labute approximate surface area is 144 Å². The molecular formula is C15H25Cl2N3O2. The number of anilines is 1. The normalized spacial score (nSPS) is 16.6. The average Bonchev–Trinajstić information content (AvgIpc) is 2.92. The van der Waals surface area contributed by atoms with Gasteiger partial charge in [0.2, 0.25) is 5.91 Å². The van der Waals surface area contributed by atoms with Crippen molar-refractivity contribution < 1.29 is 9.53 Å². The Hall–Kier alpha value is -1.01. The molecule has 1 atom stereocenters. The quantitative estimate of drug-likeness (QED) is 0.826. The molecule has 1 heterocycles. The average molecular weight is 350 g/mol. The van der Waals surface area contributed by atoms with E-state index in [9.17, 15) is 4.79 Å². The monoisotopic (exact) mass is 349 g/mol. The second-order valence-electron chi connectivity index (χ2n) is 5.32. The third kappa shape index (κ3) is 6.83. The highest BCUT2D eigenvalue weighted by Crippen LogP contribution is 2.18. The molecule has 0 bridgehead atoms. The van der Waals surface area contributed by atoms with Crippen LogP contribution in [0.25, 0.3) is 0 Å². The fourth-order valence-electron chi connectivity index (χ4n) is 2.15. The van der Waals surface area contributed by atoms with E-state index in [0.717, 1.165) is 37.4 Å². The summed E-state index contributed by atoms with van der Waals surface area (Å²) in [6, 6.07) is 7.48. The zero-order valence-electron chi connectivity index (χ0n) is 13.0. The van der Waals surface area contributed by atoms with E-state index >= 15 is 0 Å². The molecule has 7 heteroatoms. The molecule has 2 rings (SSSR count). The number of nitrogens with one attached hydrogen (secondary N) is 2. The van der Waals surface area contributed by atoms with E-state index in [1.165, 1.54) is 0 Å². The van der Waals surface area contributed by atoms with Gasteiger partial charge >= 0.3 is 0 Å². The van der Waals surface area contributed by atoms with Gasteiger partial charge in [0.25, 0.3) is 0 Å². The summed E-state index contributed by atoms with van der Waals surface area (Å²) in [4.78, 5) is 14.1. The molecule has 1 aromatic carbocycles. The van der Waals surface area contributed by atoms with Gasteiger partial charge < -0.3 is 20.3 Å². The van der Waals surface area contributed by atoms with Crippen molar-refractivity contribution in [2.24, 2.45) is 0 Å². The van der Waals surface area contributed by atoms with Crippen LogP contribution in [0.1, 0.15) is 12.8 Å². The predicted octanol–water partition coefficient (Wildman–Crippen LogP) is 2.16. The van der Waals surface area contributed by atoms with Gasteiger partial charge in [-0.05, 0) is 45.6 Å². The molecule has 0 spiro atoms. The van der Waals surface area contributed by atoms with E-state index in [1.807, 2.05) is 38.4 Å². The molecule has 0 aliphatic carbocycles. The third-order valence-corrected chi connectivity index (χ3v) is 3.29. The van der Waals surface area contributed by atoms with Crippen molar-refractivity contribution in [2.75, 3.05) is 39.1 Å². The Bertz CT molecular complexity index is 452. The molecule has 1 amide bonds. The summed E-state index contributed by atoms with van der Waals surface area (Å²) < 4.78 is 5.66. The van der Waals surface area contributed by atoms with E-state index in [2.05, 4.69) is 15.5 Å². The number of likely N-dealkylation sites (N-methyl/N-ethyl adjacent to an activating group) is 1. The van der Waals surface area contributed by atoms with Gasteiger partial charge in [-0.1, -0.05) is 6.07 Å². The van der Waals surface area contributed by atoms with Gasteiger partial charge in [-0.2, -0.15) is 0 Å². The number of nitrogens with zero attached hydrogens (tertiary/aromatic N) is 1. The van der Waals surface area contributed by atoms with E-state index in [0.29, 0.717) is 6.61 Å². The van der Waals surface area contributed by atoms with Crippen molar-refractivity contribution in [1.29, 1.82) is 0 Å². The SMILES string of the molecule is CN(C)CCOc1cccc(NC(=O)[C@@H]2CCCN2)c1.Cl.Cl. The molecule has 0 aromatic heterocycles. The van der Waals surface area contributed by atoms with Crippen molar-refractivity contribution >= 4 is 36.4 Å². The zero-order chi connectivity index (χ0) is 14.4. The van der Waals surface area contributed by atoms with E-state index < -0.39 is 0 Å². The third-order valence-electron chi connectivity index (χ3n) is 3.29. The van der Waals surface area contributed by atoms with Crippen LogP contribution in [0.2, 0.25) is 0 Å². The fourth-order valence-corrected chi connectivity index (χ4v) is 2.15. The maximum absolute atomic E-state index is 12.0. The summed E-state index contributed by atoms with van der Waals surface area (Å²) in [6.07, 6.45) is 1.97. The van der Waals surface area contributed by atoms with Gasteiger partial charge in [0.05, 0.1) is 6.04 Å². The maximum atomic E-state index is 12.0. The Morgan fingerprint density at radius 1 is 1.41 bits per heavy atom. The van der Waals surface area contributed by atoms with Gasteiger partial charge in [0, 0.05) is 18.3 Å². The number of hydrogen-bond acceptors (Lipinski definition) is 4. The Balaban J connectivity index is 0.00000220. The number of carbonyl (C=O) groups is 1. The van der Waals surface area contributed by atoms with Crippen LogP contribution in [0.15, 0.2) is 24.3 Å². The Kier molecular flexibility index (Phi) is 10.2. The molecule has 0 unspecified atom stereocenters. The highest BCUT2D eigenvalue weighted by Gasteiger charge is 2.21. The number of hydrogen-bond donors (Lipinski definition) is 2. The molecule has 22 heavy (non-hydrogen) atoms. The van der Waals surface area contributed by atoms with E-state index in [4.69, 9.17) is 4.74 Å². The lowest BCUT2D eigenvalue weighted by molar-refractivity contribution is -0.117. The van der Waals surface area contributed by atoms with Crippen molar-refractivity contribution in [1.82, 2.24) is 10.2 Å². The van der Waals surface area contributed by atoms with E-state index in [-0.39, 0.29) is 36.8 Å². The van der Waals surface area contributed by atoms with Crippen molar-refractivity contribution in [3.8, 4) is 5.75 Å². The summed E-state index contributed by atoms with van der Waals surface area (Å²) in [5.74, 6) is 0.817. The van der Waals surface area contributed by atoms with Crippen LogP contribution in [-0.2, 0) is 4.79 Å². The fraction of sp³-hybridized carbons (Fsp3) is 0.533. The first kappa shape index (κ1) is 21.0. The van der Waals surface area contributed by atoms with Crippen LogP contribution in [0.4, 0.5) is 5.69 Å². The molecule has 0 radical (unpaired) electrons. The lowest BCUT2D eigenvalue weighted by Gasteiger charge is -2.13. The molecule has 2 N–H and O–H groups in total. The van der Waals surface area contributed by atoms with Crippen molar-refractivity contribution in [3.63, 3.8) is 0 Å². The molecule has 5 nitrogen and oxygen atoms in total. The van der Waals surface area contributed by atoms with Crippen molar-refractivity contribution in [2.45, 2.75) is 18.9 Å². The highest BCUT2D eigenvalue weighted by molar-refractivity contribution is 5.95. The molecule has 1 saturated heterocycles. The molecule has 1 aliphatic heterocycles. The lowest BCUT2D eigenvalue weighted by Crippen LogP contribution is -2.35.